The molecule has 32 heavy (non-hydrogen) atoms. The van der Waals surface area contributed by atoms with Crippen molar-refractivity contribution in [2.75, 3.05) is 52.4 Å². The Hall–Kier alpha value is -2.20. The van der Waals surface area contributed by atoms with Crippen molar-refractivity contribution in [2.45, 2.75) is 19.3 Å². The molecule has 1 saturated carbocycles. The highest BCUT2D eigenvalue weighted by molar-refractivity contribution is 5.49. The summed E-state index contributed by atoms with van der Waals surface area (Å²) in [7, 11) is 0. The Bertz CT molecular complexity index is 816. The zero-order chi connectivity index (χ0) is 21.7. The van der Waals surface area contributed by atoms with Crippen LogP contribution in [0.3, 0.4) is 0 Å². The normalized spacial score (nSPS) is 23.2. The fourth-order valence-corrected chi connectivity index (χ4v) is 5.56. The van der Waals surface area contributed by atoms with E-state index in [0.717, 1.165) is 18.5 Å². The molecule has 0 amide bonds. The number of rotatable bonds is 6. The first-order valence-electron chi connectivity index (χ1n) is 12.3. The van der Waals surface area contributed by atoms with Crippen LogP contribution in [0.2, 0.25) is 0 Å². The summed E-state index contributed by atoms with van der Waals surface area (Å²) in [5.41, 5.74) is 4.02. The summed E-state index contributed by atoms with van der Waals surface area (Å²) in [6.45, 7) is 9.90. The Labute approximate surface area is 193 Å². The second-order valence-electron chi connectivity index (χ2n) is 10.4. The van der Waals surface area contributed by atoms with Crippen LogP contribution < -0.4 is 5.32 Å². The molecule has 0 unspecified atom stereocenters. The maximum Gasteiger partial charge on any atom is 0.0207 e. The Balaban J connectivity index is 0.000000135. The Morgan fingerprint density at radius 3 is 1.50 bits per heavy atom. The first-order chi connectivity index (χ1) is 15.7. The summed E-state index contributed by atoms with van der Waals surface area (Å²) in [6.07, 6.45) is 13.4. The third-order valence-corrected chi connectivity index (χ3v) is 7.60. The minimum absolute atomic E-state index is 0.653. The van der Waals surface area contributed by atoms with Crippen LogP contribution in [-0.2, 0) is 0 Å². The molecular formula is C29H37N3. The van der Waals surface area contributed by atoms with E-state index in [1.165, 1.54) is 69.7 Å². The minimum atomic E-state index is 0.653. The molecule has 2 aromatic rings. The lowest BCUT2D eigenvalue weighted by Gasteiger charge is -2.56. The van der Waals surface area contributed by atoms with Gasteiger partial charge in [0.1, 0.15) is 0 Å². The molecule has 1 aliphatic carbocycles. The van der Waals surface area contributed by atoms with Gasteiger partial charge in [-0.1, -0.05) is 91.4 Å². The predicted molar refractivity (Wildman–Crippen MR) is 135 cm³/mol. The molecule has 2 aromatic carbocycles. The third-order valence-electron chi connectivity index (χ3n) is 7.60. The van der Waals surface area contributed by atoms with Gasteiger partial charge < -0.3 is 5.32 Å². The zero-order valence-corrected chi connectivity index (χ0v) is 19.3. The van der Waals surface area contributed by atoms with Gasteiger partial charge in [-0.2, -0.15) is 0 Å². The number of nitrogens with zero attached hydrogens (tertiary/aromatic N) is 2. The first kappa shape index (κ1) is 21.6. The number of benzene rings is 2. The largest absolute Gasteiger partial charge is 0.315 e. The van der Waals surface area contributed by atoms with Crippen molar-refractivity contribution in [3.8, 4) is 0 Å². The summed E-state index contributed by atoms with van der Waals surface area (Å²) >= 11 is 0. The summed E-state index contributed by atoms with van der Waals surface area (Å²) in [5.74, 6) is 0. The second-order valence-corrected chi connectivity index (χ2v) is 10.4. The number of hydrogen-bond acceptors (Lipinski definition) is 3. The maximum absolute atomic E-state index is 3.36. The maximum atomic E-state index is 3.36. The summed E-state index contributed by atoms with van der Waals surface area (Å²) in [5, 5.41) is 3.36. The predicted octanol–water partition coefficient (Wildman–Crippen LogP) is 4.79. The van der Waals surface area contributed by atoms with Crippen molar-refractivity contribution in [1.29, 1.82) is 0 Å². The van der Waals surface area contributed by atoms with E-state index in [1.54, 1.807) is 0 Å². The van der Waals surface area contributed by atoms with Crippen molar-refractivity contribution in [3.63, 3.8) is 0 Å². The van der Waals surface area contributed by atoms with Crippen LogP contribution in [0.1, 0.15) is 30.4 Å². The topological polar surface area (TPSA) is 18.5 Å². The van der Waals surface area contributed by atoms with Crippen molar-refractivity contribution in [1.82, 2.24) is 15.1 Å². The standard InChI is InChI=1S/C15H19N.C14H18N2/c1-2-6-14(7-3-1)8-4-11-16-12-15(13-16)9-5-10-15;1-2-5-13(6-3-1)7-4-8-16-11-14(12-16)9-15-10-14/h1-4,6-8H,5,9-13H2;1-7,15H,8-12H2/b8-4+;7-4+. The van der Waals surface area contributed by atoms with Gasteiger partial charge in [0, 0.05) is 57.8 Å². The van der Waals surface area contributed by atoms with Gasteiger partial charge in [0.15, 0.2) is 0 Å². The quantitative estimate of drug-likeness (QED) is 0.715. The second kappa shape index (κ2) is 9.74. The lowest BCUT2D eigenvalue weighted by Crippen LogP contribution is -2.70. The van der Waals surface area contributed by atoms with E-state index in [-0.39, 0.29) is 0 Å². The van der Waals surface area contributed by atoms with Gasteiger partial charge in [0.2, 0.25) is 0 Å². The van der Waals surface area contributed by atoms with E-state index in [9.17, 15) is 0 Å². The molecule has 3 heterocycles. The molecule has 2 spiro atoms. The van der Waals surface area contributed by atoms with Crippen LogP contribution >= 0.6 is 0 Å². The molecule has 4 aliphatic rings. The van der Waals surface area contributed by atoms with Gasteiger partial charge in [0.05, 0.1) is 0 Å². The van der Waals surface area contributed by atoms with Crippen LogP contribution in [0.4, 0.5) is 0 Å². The van der Waals surface area contributed by atoms with Crippen LogP contribution in [0.25, 0.3) is 12.2 Å². The van der Waals surface area contributed by atoms with Crippen molar-refractivity contribution >= 4 is 12.2 Å². The zero-order valence-electron chi connectivity index (χ0n) is 19.3. The minimum Gasteiger partial charge on any atom is -0.315 e. The van der Waals surface area contributed by atoms with E-state index in [4.69, 9.17) is 0 Å². The fourth-order valence-electron chi connectivity index (χ4n) is 5.56. The molecule has 168 valence electrons. The average Bonchev–Trinajstić information content (AvgIpc) is 2.71. The molecular weight excluding hydrogens is 390 g/mol. The summed E-state index contributed by atoms with van der Waals surface area (Å²) < 4.78 is 0. The van der Waals surface area contributed by atoms with Gasteiger partial charge in [-0.05, 0) is 29.4 Å². The third kappa shape index (κ3) is 5.23. The fraction of sp³-hybridized carbons (Fsp3) is 0.448. The summed E-state index contributed by atoms with van der Waals surface area (Å²) in [4.78, 5) is 5.07. The van der Waals surface area contributed by atoms with Gasteiger partial charge in [-0.3, -0.25) is 9.80 Å². The average molecular weight is 428 g/mol. The molecule has 1 N–H and O–H groups in total. The number of likely N-dealkylation sites (tertiary alicyclic amines) is 2. The van der Waals surface area contributed by atoms with E-state index >= 15 is 0 Å². The van der Waals surface area contributed by atoms with Crippen LogP contribution in [-0.4, -0.2) is 62.2 Å². The monoisotopic (exact) mass is 427 g/mol. The molecule has 3 heteroatoms. The van der Waals surface area contributed by atoms with Crippen molar-refractivity contribution in [2.24, 2.45) is 10.8 Å². The van der Waals surface area contributed by atoms with Gasteiger partial charge >= 0.3 is 0 Å². The highest BCUT2D eigenvalue weighted by Gasteiger charge is 2.47. The van der Waals surface area contributed by atoms with Gasteiger partial charge in [0.25, 0.3) is 0 Å². The lowest BCUT2D eigenvalue weighted by molar-refractivity contribution is -0.0527. The highest BCUT2D eigenvalue weighted by atomic mass is 15.3. The Morgan fingerprint density at radius 2 is 1.12 bits per heavy atom. The van der Waals surface area contributed by atoms with Crippen LogP contribution in [0.5, 0.6) is 0 Å². The van der Waals surface area contributed by atoms with Gasteiger partial charge in [-0.25, -0.2) is 0 Å². The lowest BCUT2D eigenvalue weighted by atomic mass is 9.63. The number of hydrogen-bond donors (Lipinski definition) is 1. The van der Waals surface area contributed by atoms with Crippen molar-refractivity contribution in [3.05, 3.63) is 83.9 Å². The van der Waals surface area contributed by atoms with E-state index < -0.39 is 0 Å². The molecule has 3 saturated heterocycles. The molecule has 0 radical (unpaired) electrons. The SMILES string of the molecule is C(=C\c1ccccc1)/CN1CC2(CCC2)C1.C(=C\c1ccccc1)/CN1CC2(CNC2)C1. The smallest absolute Gasteiger partial charge is 0.0207 e. The van der Waals surface area contributed by atoms with E-state index in [1.807, 2.05) is 0 Å². The Morgan fingerprint density at radius 1 is 0.656 bits per heavy atom. The molecule has 4 fully saturated rings. The Kier molecular flexibility index (Phi) is 6.59. The molecule has 0 atom stereocenters. The van der Waals surface area contributed by atoms with Crippen molar-refractivity contribution < 1.29 is 0 Å². The summed E-state index contributed by atoms with van der Waals surface area (Å²) in [6, 6.07) is 21.1. The highest BCUT2D eigenvalue weighted by Crippen LogP contribution is 2.47. The van der Waals surface area contributed by atoms with Crippen LogP contribution in [0.15, 0.2) is 72.8 Å². The first-order valence-corrected chi connectivity index (χ1v) is 12.3. The molecule has 0 aromatic heterocycles. The molecule has 3 aliphatic heterocycles. The molecule has 3 nitrogen and oxygen atoms in total. The number of nitrogens with one attached hydrogen (secondary N) is 1. The molecule has 6 rings (SSSR count). The van der Waals surface area contributed by atoms with E-state index in [0.29, 0.717) is 5.41 Å². The van der Waals surface area contributed by atoms with E-state index in [2.05, 4.69) is 100 Å². The molecule has 0 bridgehead atoms. The van der Waals surface area contributed by atoms with Gasteiger partial charge in [-0.15, -0.1) is 0 Å². The van der Waals surface area contributed by atoms with Crippen LogP contribution in [0, 0.1) is 10.8 Å².